The first-order valence-corrected chi connectivity index (χ1v) is 8.65. The molecule has 0 saturated carbocycles. The van der Waals surface area contributed by atoms with Crippen molar-refractivity contribution < 1.29 is 14.5 Å². The minimum atomic E-state index is -0.533. The van der Waals surface area contributed by atoms with Gasteiger partial charge in [-0.05, 0) is 36.1 Å². The molecule has 8 heteroatoms. The summed E-state index contributed by atoms with van der Waals surface area (Å²) >= 11 is 5.97. The molecule has 0 fully saturated rings. The predicted octanol–water partition coefficient (Wildman–Crippen LogP) is 4.21. The number of hydrogen-bond donors (Lipinski definition) is 1. The Labute approximate surface area is 162 Å². The monoisotopic (exact) mass is 389 g/mol. The van der Waals surface area contributed by atoms with Crippen LogP contribution in [0.3, 0.4) is 0 Å². The number of rotatable bonds is 7. The first-order valence-electron chi connectivity index (χ1n) is 8.27. The van der Waals surface area contributed by atoms with Crippen LogP contribution in [-0.4, -0.2) is 23.7 Å². The first kappa shape index (κ1) is 20.4. The minimum absolute atomic E-state index is 0.115. The lowest BCUT2D eigenvalue weighted by atomic mass is 10.0. The molecule has 0 aliphatic rings. The summed E-state index contributed by atoms with van der Waals surface area (Å²) in [7, 11) is 0. The molecule has 1 N–H and O–H groups in total. The van der Waals surface area contributed by atoms with Gasteiger partial charge in [-0.25, -0.2) is 5.43 Å². The van der Waals surface area contributed by atoms with Crippen LogP contribution < -0.4 is 10.2 Å². The van der Waals surface area contributed by atoms with E-state index in [2.05, 4.69) is 10.5 Å². The van der Waals surface area contributed by atoms with Crippen LogP contribution in [0.2, 0.25) is 5.02 Å². The molecule has 0 unspecified atom stereocenters. The van der Waals surface area contributed by atoms with E-state index in [0.717, 1.165) is 11.1 Å². The SMILES string of the molecule is Cc1ccc(C(C)C)c(OCC(=O)N/N=C/c2cc([N+](=O)[O-])ccc2Cl)c1. The van der Waals surface area contributed by atoms with Gasteiger partial charge in [0, 0.05) is 22.7 Å². The highest BCUT2D eigenvalue weighted by Crippen LogP contribution is 2.27. The average Bonchev–Trinajstić information content (AvgIpc) is 2.61. The Hall–Kier alpha value is -2.93. The summed E-state index contributed by atoms with van der Waals surface area (Å²) in [6.45, 7) is 5.84. The zero-order valence-electron chi connectivity index (χ0n) is 15.2. The molecule has 27 heavy (non-hydrogen) atoms. The number of amides is 1. The number of carbonyl (C=O) groups excluding carboxylic acids is 1. The quantitative estimate of drug-likeness (QED) is 0.436. The molecule has 2 aromatic rings. The molecule has 0 atom stereocenters. The molecule has 0 saturated heterocycles. The van der Waals surface area contributed by atoms with E-state index < -0.39 is 10.8 Å². The smallest absolute Gasteiger partial charge is 0.277 e. The molecule has 0 aromatic heterocycles. The summed E-state index contributed by atoms with van der Waals surface area (Å²) in [4.78, 5) is 22.2. The fourth-order valence-corrected chi connectivity index (χ4v) is 2.50. The maximum absolute atomic E-state index is 11.9. The fraction of sp³-hybridized carbons (Fsp3) is 0.263. The van der Waals surface area contributed by atoms with Gasteiger partial charge in [-0.15, -0.1) is 0 Å². The lowest BCUT2D eigenvalue weighted by Gasteiger charge is -2.14. The highest BCUT2D eigenvalue weighted by molar-refractivity contribution is 6.33. The predicted molar refractivity (Wildman–Crippen MR) is 105 cm³/mol. The van der Waals surface area contributed by atoms with E-state index >= 15 is 0 Å². The topological polar surface area (TPSA) is 93.8 Å². The second-order valence-corrected chi connectivity index (χ2v) is 6.65. The minimum Gasteiger partial charge on any atom is -0.483 e. The van der Waals surface area contributed by atoms with Crippen molar-refractivity contribution >= 4 is 29.4 Å². The standard InChI is InChI=1S/C19H20ClN3O4/c1-12(2)16-6-4-13(3)8-18(16)27-11-19(24)22-21-10-14-9-15(23(25)26)5-7-17(14)20/h4-10,12H,11H2,1-3H3,(H,22,24)/b21-10+. The molecular formula is C19H20ClN3O4. The molecule has 142 valence electrons. The normalized spacial score (nSPS) is 11.0. The molecule has 7 nitrogen and oxygen atoms in total. The number of halogens is 1. The number of hydrazone groups is 1. The molecule has 0 radical (unpaired) electrons. The maximum atomic E-state index is 11.9. The van der Waals surface area contributed by atoms with Crippen LogP contribution >= 0.6 is 11.6 Å². The lowest BCUT2D eigenvalue weighted by molar-refractivity contribution is -0.384. The van der Waals surface area contributed by atoms with Crippen LogP contribution in [0.1, 0.15) is 36.5 Å². The number of nitro groups is 1. The maximum Gasteiger partial charge on any atom is 0.277 e. The number of hydrogen-bond acceptors (Lipinski definition) is 5. The molecule has 0 aliphatic heterocycles. The number of nitrogens with zero attached hydrogens (tertiary/aromatic N) is 2. The van der Waals surface area contributed by atoms with Crippen LogP contribution in [0.4, 0.5) is 5.69 Å². The van der Waals surface area contributed by atoms with Crippen molar-refractivity contribution in [3.8, 4) is 5.75 Å². The van der Waals surface area contributed by atoms with E-state index in [1.54, 1.807) is 0 Å². The number of carbonyl (C=O) groups is 1. The number of ether oxygens (including phenoxy) is 1. The molecular weight excluding hydrogens is 370 g/mol. The number of aryl methyl sites for hydroxylation is 1. The van der Waals surface area contributed by atoms with Crippen molar-refractivity contribution in [1.29, 1.82) is 0 Å². The van der Waals surface area contributed by atoms with Crippen LogP contribution in [-0.2, 0) is 4.79 Å². The van der Waals surface area contributed by atoms with E-state index in [4.69, 9.17) is 16.3 Å². The lowest BCUT2D eigenvalue weighted by Crippen LogP contribution is -2.25. The number of nitrogens with one attached hydrogen (secondary N) is 1. The third-order valence-corrected chi connectivity index (χ3v) is 4.08. The Bertz CT molecular complexity index is 881. The van der Waals surface area contributed by atoms with Gasteiger partial charge < -0.3 is 4.74 Å². The Morgan fingerprint density at radius 3 is 2.74 bits per heavy atom. The van der Waals surface area contributed by atoms with Gasteiger partial charge >= 0.3 is 0 Å². The molecule has 2 rings (SSSR count). The summed E-state index contributed by atoms with van der Waals surface area (Å²) in [5, 5.41) is 14.9. The molecule has 0 spiro atoms. The van der Waals surface area contributed by atoms with Gasteiger partial charge in [-0.2, -0.15) is 5.10 Å². The van der Waals surface area contributed by atoms with Crippen molar-refractivity contribution in [3.05, 3.63) is 68.2 Å². The average molecular weight is 390 g/mol. The van der Waals surface area contributed by atoms with Gasteiger partial charge in [0.25, 0.3) is 11.6 Å². The second kappa shape index (κ2) is 9.14. The van der Waals surface area contributed by atoms with Gasteiger partial charge in [-0.1, -0.05) is 37.6 Å². The fourth-order valence-electron chi connectivity index (χ4n) is 2.34. The number of nitro benzene ring substituents is 1. The van der Waals surface area contributed by atoms with Crippen LogP contribution in [0, 0.1) is 17.0 Å². The van der Waals surface area contributed by atoms with Gasteiger partial charge in [0.15, 0.2) is 6.61 Å². The van der Waals surface area contributed by atoms with E-state index in [9.17, 15) is 14.9 Å². The Morgan fingerprint density at radius 1 is 1.33 bits per heavy atom. The Kier molecular flexibility index (Phi) is 6.90. The third-order valence-electron chi connectivity index (χ3n) is 3.73. The van der Waals surface area contributed by atoms with E-state index in [1.807, 2.05) is 39.0 Å². The van der Waals surface area contributed by atoms with Gasteiger partial charge in [0.2, 0.25) is 0 Å². The second-order valence-electron chi connectivity index (χ2n) is 6.24. The van der Waals surface area contributed by atoms with Gasteiger partial charge in [-0.3, -0.25) is 14.9 Å². The zero-order valence-corrected chi connectivity index (χ0v) is 16.0. The van der Waals surface area contributed by atoms with Crippen molar-refractivity contribution in [2.45, 2.75) is 26.7 Å². The largest absolute Gasteiger partial charge is 0.483 e. The van der Waals surface area contributed by atoms with E-state index in [-0.39, 0.29) is 23.2 Å². The molecule has 0 heterocycles. The first-order chi connectivity index (χ1) is 12.8. The van der Waals surface area contributed by atoms with Crippen LogP contribution in [0.25, 0.3) is 0 Å². The molecule has 1 amide bonds. The Balaban J connectivity index is 1.98. The van der Waals surface area contributed by atoms with E-state index in [1.165, 1.54) is 24.4 Å². The highest BCUT2D eigenvalue weighted by atomic mass is 35.5. The van der Waals surface area contributed by atoms with Crippen LogP contribution in [0.5, 0.6) is 5.75 Å². The summed E-state index contributed by atoms with van der Waals surface area (Å²) in [5.41, 5.74) is 4.58. The molecule has 0 aliphatic carbocycles. The van der Waals surface area contributed by atoms with Gasteiger partial charge in [0.1, 0.15) is 5.75 Å². The number of benzene rings is 2. The summed E-state index contributed by atoms with van der Waals surface area (Å²) in [5.74, 6) is 0.465. The zero-order chi connectivity index (χ0) is 20.0. The van der Waals surface area contributed by atoms with Gasteiger partial charge in [0.05, 0.1) is 11.1 Å². The Morgan fingerprint density at radius 2 is 2.07 bits per heavy atom. The summed E-state index contributed by atoms with van der Waals surface area (Å²) in [6.07, 6.45) is 1.25. The van der Waals surface area contributed by atoms with Crippen molar-refractivity contribution in [2.75, 3.05) is 6.61 Å². The summed E-state index contributed by atoms with van der Waals surface area (Å²) < 4.78 is 5.62. The molecule has 2 aromatic carbocycles. The van der Waals surface area contributed by atoms with Crippen molar-refractivity contribution in [1.82, 2.24) is 5.43 Å². The van der Waals surface area contributed by atoms with Crippen LogP contribution in [0.15, 0.2) is 41.5 Å². The van der Waals surface area contributed by atoms with Crippen molar-refractivity contribution in [2.24, 2.45) is 5.10 Å². The molecule has 0 bridgehead atoms. The van der Waals surface area contributed by atoms with Crippen molar-refractivity contribution in [3.63, 3.8) is 0 Å². The highest BCUT2D eigenvalue weighted by Gasteiger charge is 2.11. The number of non-ortho nitro benzene ring substituents is 1. The van der Waals surface area contributed by atoms with E-state index in [0.29, 0.717) is 11.3 Å². The summed E-state index contributed by atoms with van der Waals surface area (Å²) in [6, 6.07) is 9.83. The third kappa shape index (κ3) is 5.79.